The molecule has 0 aliphatic heterocycles. The zero-order chi connectivity index (χ0) is 15.9. The van der Waals surface area contributed by atoms with E-state index in [0.717, 1.165) is 17.1 Å². The molecular weight excluding hydrogens is 290 g/mol. The lowest BCUT2D eigenvalue weighted by Gasteiger charge is -2.06. The van der Waals surface area contributed by atoms with Crippen LogP contribution in [0.1, 0.15) is 12.1 Å². The molecule has 23 heavy (non-hydrogen) atoms. The van der Waals surface area contributed by atoms with Gasteiger partial charge >= 0.3 is 0 Å². The summed E-state index contributed by atoms with van der Waals surface area (Å²) >= 11 is 0. The molecule has 1 aromatic carbocycles. The van der Waals surface area contributed by atoms with E-state index in [0.29, 0.717) is 26.0 Å². The van der Waals surface area contributed by atoms with Gasteiger partial charge in [0.1, 0.15) is 11.4 Å². The highest BCUT2D eigenvalue weighted by molar-refractivity contribution is 5.75. The summed E-state index contributed by atoms with van der Waals surface area (Å²) in [5.74, 6) is 0.773. The molecule has 2 aromatic heterocycles. The summed E-state index contributed by atoms with van der Waals surface area (Å²) in [7, 11) is 0. The number of pyridine rings is 1. The zero-order valence-electron chi connectivity index (χ0n) is 12.8. The lowest BCUT2D eigenvalue weighted by atomic mass is 10.3. The normalized spacial score (nSPS) is 10.6. The molecule has 1 amide bonds. The van der Waals surface area contributed by atoms with Crippen LogP contribution in [0.5, 0.6) is 5.75 Å². The summed E-state index contributed by atoms with van der Waals surface area (Å²) < 4.78 is 7.48. The predicted molar refractivity (Wildman–Crippen MR) is 88.5 cm³/mol. The second-order valence-electron chi connectivity index (χ2n) is 5.21. The van der Waals surface area contributed by atoms with E-state index >= 15 is 0 Å². The summed E-state index contributed by atoms with van der Waals surface area (Å²) in [4.78, 5) is 16.3. The van der Waals surface area contributed by atoms with E-state index in [1.807, 2.05) is 65.3 Å². The van der Waals surface area contributed by atoms with Crippen LogP contribution in [-0.4, -0.2) is 28.4 Å². The number of carbonyl (C=O) groups is 1. The Morgan fingerprint density at radius 1 is 1.13 bits per heavy atom. The topological polar surface area (TPSA) is 55.6 Å². The largest absolute Gasteiger partial charge is 0.493 e. The maximum atomic E-state index is 11.8. The van der Waals surface area contributed by atoms with Gasteiger partial charge in [-0.3, -0.25) is 4.79 Å². The van der Waals surface area contributed by atoms with Crippen LogP contribution in [0.4, 0.5) is 0 Å². The molecule has 0 atom stereocenters. The number of nitrogens with one attached hydrogen (secondary N) is 1. The van der Waals surface area contributed by atoms with Crippen LogP contribution >= 0.6 is 0 Å². The average Bonchev–Trinajstić information content (AvgIpc) is 2.98. The SMILES string of the molecule is O=C(CCOc1ccccc1)NCCc1cn2ccccc2n1. The Hall–Kier alpha value is -2.82. The molecule has 3 aromatic rings. The van der Waals surface area contributed by atoms with Crippen molar-refractivity contribution in [3.8, 4) is 5.75 Å². The quantitative estimate of drug-likeness (QED) is 0.729. The fraction of sp³-hybridized carbons (Fsp3) is 0.222. The molecule has 1 N–H and O–H groups in total. The van der Waals surface area contributed by atoms with Gasteiger partial charge in [0, 0.05) is 25.4 Å². The summed E-state index contributed by atoms with van der Waals surface area (Å²) in [5.41, 5.74) is 1.89. The van der Waals surface area contributed by atoms with Crippen molar-refractivity contribution < 1.29 is 9.53 Å². The molecule has 0 saturated heterocycles. The molecule has 5 heteroatoms. The van der Waals surface area contributed by atoms with E-state index in [4.69, 9.17) is 4.74 Å². The number of hydrogen-bond donors (Lipinski definition) is 1. The Morgan fingerprint density at radius 3 is 2.78 bits per heavy atom. The van der Waals surface area contributed by atoms with Gasteiger partial charge in [0.2, 0.25) is 5.91 Å². The molecule has 0 radical (unpaired) electrons. The Kier molecular flexibility index (Phi) is 4.88. The number of rotatable bonds is 7. The van der Waals surface area contributed by atoms with Gasteiger partial charge in [0.05, 0.1) is 18.7 Å². The minimum absolute atomic E-state index is 0.00954. The van der Waals surface area contributed by atoms with Gasteiger partial charge in [-0.15, -0.1) is 0 Å². The molecule has 0 aliphatic rings. The maximum Gasteiger partial charge on any atom is 0.223 e. The third-order valence-electron chi connectivity index (χ3n) is 3.46. The number of benzene rings is 1. The predicted octanol–water partition coefficient (Wildman–Crippen LogP) is 2.46. The maximum absolute atomic E-state index is 11.8. The van der Waals surface area contributed by atoms with E-state index in [1.54, 1.807) is 0 Å². The van der Waals surface area contributed by atoms with Gasteiger partial charge in [-0.05, 0) is 24.3 Å². The number of ether oxygens (including phenoxy) is 1. The van der Waals surface area contributed by atoms with Gasteiger partial charge in [0.15, 0.2) is 0 Å². The molecule has 3 rings (SSSR count). The van der Waals surface area contributed by atoms with E-state index in [9.17, 15) is 4.79 Å². The lowest BCUT2D eigenvalue weighted by molar-refractivity contribution is -0.121. The number of amides is 1. The number of hydrogen-bond acceptors (Lipinski definition) is 3. The molecule has 0 aliphatic carbocycles. The molecule has 0 spiro atoms. The Balaban J connectivity index is 1.37. The number of para-hydroxylation sites is 1. The van der Waals surface area contributed by atoms with Crippen LogP contribution in [0.15, 0.2) is 60.9 Å². The molecular formula is C18H19N3O2. The third-order valence-corrected chi connectivity index (χ3v) is 3.46. The van der Waals surface area contributed by atoms with E-state index in [2.05, 4.69) is 10.3 Å². The minimum Gasteiger partial charge on any atom is -0.493 e. The first-order valence-electron chi connectivity index (χ1n) is 7.68. The minimum atomic E-state index is -0.00954. The van der Waals surface area contributed by atoms with Crippen molar-refractivity contribution >= 4 is 11.6 Å². The molecule has 0 unspecified atom stereocenters. The number of nitrogens with zero attached hydrogens (tertiary/aromatic N) is 2. The second-order valence-corrected chi connectivity index (χ2v) is 5.21. The summed E-state index contributed by atoms with van der Waals surface area (Å²) in [6.07, 6.45) is 5.01. The van der Waals surface area contributed by atoms with Gasteiger partial charge in [-0.25, -0.2) is 4.98 Å². The standard InChI is InChI=1S/C18H19N3O2/c22-18(10-13-23-16-6-2-1-3-7-16)19-11-9-15-14-21-12-5-4-8-17(21)20-15/h1-8,12,14H,9-11,13H2,(H,19,22). The van der Waals surface area contributed by atoms with Crippen molar-refractivity contribution in [3.05, 3.63) is 66.6 Å². The monoisotopic (exact) mass is 309 g/mol. The highest BCUT2D eigenvalue weighted by Crippen LogP contribution is 2.08. The van der Waals surface area contributed by atoms with Crippen molar-refractivity contribution in [2.24, 2.45) is 0 Å². The molecule has 0 bridgehead atoms. The van der Waals surface area contributed by atoms with Crippen molar-refractivity contribution in [2.75, 3.05) is 13.2 Å². The van der Waals surface area contributed by atoms with Crippen LogP contribution in [0.2, 0.25) is 0 Å². The Labute approximate surface area is 134 Å². The molecule has 0 fully saturated rings. The number of imidazole rings is 1. The third kappa shape index (κ3) is 4.32. The first-order valence-corrected chi connectivity index (χ1v) is 7.68. The number of aromatic nitrogens is 2. The fourth-order valence-corrected chi connectivity index (χ4v) is 2.30. The van der Waals surface area contributed by atoms with Gasteiger partial charge < -0.3 is 14.5 Å². The highest BCUT2D eigenvalue weighted by Gasteiger charge is 2.04. The van der Waals surface area contributed by atoms with Crippen molar-refractivity contribution in [1.29, 1.82) is 0 Å². The van der Waals surface area contributed by atoms with Crippen molar-refractivity contribution in [2.45, 2.75) is 12.8 Å². The van der Waals surface area contributed by atoms with E-state index < -0.39 is 0 Å². The van der Waals surface area contributed by atoms with Crippen LogP contribution in [0.3, 0.4) is 0 Å². The Morgan fingerprint density at radius 2 is 1.96 bits per heavy atom. The average molecular weight is 309 g/mol. The van der Waals surface area contributed by atoms with Crippen LogP contribution < -0.4 is 10.1 Å². The lowest BCUT2D eigenvalue weighted by Crippen LogP contribution is -2.27. The van der Waals surface area contributed by atoms with E-state index in [1.165, 1.54) is 0 Å². The first-order chi connectivity index (χ1) is 11.3. The van der Waals surface area contributed by atoms with Crippen LogP contribution in [0.25, 0.3) is 5.65 Å². The second kappa shape index (κ2) is 7.45. The first kappa shape index (κ1) is 15.1. The molecule has 2 heterocycles. The Bertz CT molecular complexity index is 735. The zero-order valence-corrected chi connectivity index (χ0v) is 12.8. The molecule has 118 valence electrons. The van der Waals surface area contributed by atoms with Crippen molar-refractivity contribution in [3.63, 3.8) is 0 Å². The number of carbonyl (C=O) groups excluding carboxylic acids is 1. The van der Waals surface area contributed by atoms with Gasteiger partial charge in [0.25, 0.3) is 0 Å². The molecule has 5 nitrogen and oxygen atoms in total. The van der Waals surface area contributed by atoms with Gasteiger partial charge in [-0.2, -0.15) is 0 Å². The van der Waals surface area contributed by atoms with Crippen LogP contribution in [-0.2, 0) is 11.2 Å². The molecule has 0 saturated carbocycles. The fourth-order valence-electron chi connectivity index (χ4n) is 2.30. The number of fused-ring (bicyclic) bond motifs is 1. The van der Waals surface area contributed by atoms with Gasteiger partial charge in [-0.1, -0.05) is 24.3 Å². The summed E-state index contributed by atoms with van der Waals surface area (Å²) in [5, 5.41) is 2.89. The van der Waals surface area contributed by atoms with Crippen LogP contribution in [0, 0.1) is 0 Å². The van der Waals surface area contributed by atoms with E-state index in [-0.39, 0.29) is 5.91 Å². The smallest absolute Gasteiger partial charge is 0.223 e. The van der Waals surface area contributed by atoms with Crippen molar-refractivity contribution in [1.82, 2.24) is 14.7 Å². The highest BCUT2D eigenvalue weighted by atomic mass is 16.5. The summed E-state index contributed by atoms with van der Waals surface area (Å²) in [6, 6.07) is 15.4. The summed E-state index contributed by atoms with van der Waals surface area (Å²) in [6.45, 7) is 0.957.